The van der Waals surface area contributed by atoms with Crippen molar-refractivity contribution in [1.29, 1.82) is 0 Å². The van der Waals surface area contributed by atoms with Crippen LogP contribution in [0.1, 0.15) is 11.1 Å². The molecule has 11 heteroatoms. The zero-order chi connectivity index (χ0) is 23.4. The van der Waals surface area contributed by atoms with Crippen LogP contribution in [0.2, 0.25) is 0 Å². The first-order valence-electron chi connectivity index (χ1n) is 10.6. The number of hydrogen-bond donors (Lipinski definition) is 1. The molecule has 0 bridgehead atoms. The van der Waals surface area contributed by atoms with Crippen molar-refractivity contribution in [2.24, 2.45) is 0 Å². The van der Waals surface area contributed by atoms with E-state index in [1.165, 1.54) is 16.4 Å². The normalized spacial score (nSPS) is 15.4. The SMILES string of the molecule is CN1CCN(S(=O)(=O)c2ccc(NCc3ccc(Cn4ccnc4)cc3)c([N+](=O)[O-])c2)CC1. The molecule has 1 fully saturated rings. The average Bonchev–Trinajstić information content (AvgIpc) is 3.32. The monoisotopic (exact) mass is 470 g/mol. The predicted octanol–water partition coefficient (Wildman–Crippen LogP) is 2.39. The Bertz CT molecular complexity index is 1200. The van der Waals surface area contributed by atoms with E-state index in [1.807, 2.05) is 47.0 Å². The number of anilines is 1. The Morgan fingerprint density at radius 1 is 1.06 bits per heavy atom. The first-order valence-corrected chi connectivity index (χ1v) is 12.0. The second-order valence-electron chi connectivity index (χ2n) is 8.05. The highest BCUT2D eigenvalue weighted by Gasteiger charge is 2.29. The number of benzene rings is 2. The standard InChI is InChI=1S/C22H26N6O4S/c1-25-10-12-27(13-11-25)33(31,32)20-6-7-21(22(14-20)28(29)30)24-15-18-2-4-19(5-3-18)16-26-9-8-23-17-26/h2-9,14,17,24H,10-13,15-16H2,1H3. The lowest BCUT2D eigenvalue weighted by atomic mass is 10.1. The Kier molecular flexibility index (Phi) is 6.72. The van der Waals surface area contributed by atoms with Gasteiger partial charge in [-0.05, 0) is 30.3 Å². The van der Waals surface area contributed by atoms with E-state index < -0.39 is 14.9 Å². The molecule has 1 saturated heterocycles. The molecule has 1 aliphatic heterocycles. The van der Waals surface area contributed by atoms with Gasteiger partial charge in [0.15, 0.2) is 0 Å². The van der Waals surface area contributed by atoms with E-state index in [0.717, 1.165) is 17.2 Å². The van der Waals surface area contributed by atoms with Crippen molar-refractivity contribution < 1.29 is 13.3 Å². The van der Waals surface area contributed by atoms with Crippen molar-refractivity contribution in [3.05, 3.63) is 82.4 Å². The largest absolute Gasteiger partial charge is 0.375 e. The molecule has 4 rings (SSSR count). The van der Waals surface area contributed by atoms with Crippen LogP contribution < -0.4 is 5.32 Å². The molecule has 1 aliphatic rings. The molecule has 1 N–H and O–H groups in total. The van der Waals surface area contributed by atoms with Gasteiger partial charge in [0.05, 0.1) is 16.1 Å². The zero-order valence-electron chi connectivity index (χ0n) is 18.3. The highest BCUT2D eigenvalue weighted by atomic mass is 32.2. The van der Waals surface area contributed by atoms with Gasteiger partial charge in [0.1, 0.15) is 5.69 Å². The highest BCUT2D eigenvalue weighted by Crippen LogP contribution is 2.29. The summed E-state index contributed by atoms with van der Waals surface area (Å²) in [5.74, 6) is 0. The number of nitrogens with zero attached hydrogens (tertiary/aromatic N) is 5. The van der Waals surface area contributed by atoms with Crippen LogP contribution in [0, 0.1) is 10.1 Å². The van der Waals surface area contributed by atoms with Crippen molar-refractivity contribution in [3.63, 3.8) is 0 Å². The Hall–Kier alpha value is -3.28. The van der Waals surface area contributed by atoms with Crippen LogP contribution >= 0.6 is 0 Å². The van der Waals surface area contributed by atoms with Gasteiger partial charge < -0.3 is 14.8 Å². The smallest absolute Gasteiger partial charge is 0.293 e. The molecule has 33 heavy (non-hydrogen) atoms. The molecule has 174 valence electrons. The minimum atomic E-state index is -3.78. The summed E-state index contributed by atoms with van der Waals surface area (Å²) in [6.07, 6.45) is 5.37. The fourth-order valence-corrected chi connectivity index (χ4v) is 5.14. The number of nitro groups is 1. The molecule has 0 unspecified atom stereocenters. The lowest BCUT2D eigenvalue weighted by molar-refractivity contribution is -0.384. The molecule has 0 saturated carbocycles. The molecule has 3 aromatic rings. The summed E-state index contributed by atoms with van der Waals surface area (Å²) in [5, 5.41) is 14.7. The van der Waals surface area contributed by atoms with Gasteiger partial charge in [-0.2, -0.15) is 4.31 Å². The van der Waals surface area contributed by atoms with Crippen molar-refractivity contribution in [3.8, 4) is 0 Å². The topological polar surface area (TPSA) is 114 Å². The number of piperazine rings is 1. The third kappa shape index (κ3) is 5.38. The van der Waals surface area contributed by atoms with Crippen LogP contribution in [0.3, 0.4) is 0 Å². The molecular weight excluding hydrogens is 444 g/mol. The van der Waals surface area contributed by atoms with Crippen molar-refractivity contribution in [2.45, 2.75) is 18.0 Å². The van der Waals surface area contributed by atoms with Gasteiger partial charge in [-0.25, -0.2) is 13.4 Å². The Morgan fingerprint density at radius 3 is 2.39 bits per heavy atom. The fourth-order valence-electron chi connectivity index (χ4n) is 3.70. The number of aromatic nitrogens is 2. The molecule has 0 aliphatic carbocycles. The van der Waals surface area contributed by atoms with Gasteiger partial charge in [0, 0.05) is 57.7 Å². The van der Waals surface area contributed by atoms with E-state index in [2.05, 4.69) is 10.3 Å². The molecule has 0 atom stereocenters. The number of rotatable bonds is 8. The average molecular weight is 471 g/mol. The summed E-state index contributed by atoms with van der Waals surface area (Å²) >= 11 is 0. The second-order valence-corrected chi connectivity index (χ2v) is 9.99. The van der Waals surface area contributed by atoms with E-state index in [-0.39, 0.29) is 16.3 Å². The molecule has 10 nitrogen and oxygen atoms in total. The van der Waals surface area contributed by atoms with Gasteiger partial charge in [0.25, 0.3) is 5.69 Å². The van der Waals surface area contributed by atoms with Crippen LogP contribution in [-0.2, 0) is 23.1 Å². The van der Waals surface area contributed by atoms with Gasteiger partial charge in [-0.1, -0.05) is 24.3 Å². The second kappa shape index (κ2) is 9.69. The minimum Gasteiger partial charge on any atom is -0.375 e. The van der Waals surface area contributed by atoms with Gasteiger partial charge in [0.2, 0.25) is 10.0 Å². The van der Waals surface area contributed by atoms with E-state index in [0.29, 0.717) is 39.3 Å². The molecule has 0 spiro atoms. The Labute approximate surface area is 192 Å². The maximum atomic E-state index is 13.0. The number of sulfonamides is 1. The van der Waals surface area contributed by atoms with Crippen molar-refractivity contribution >= 4 is 21.4 Å². The van der Waals surface area contributed by atoms with Crippen molar-refractivity contribution in [1.82, 2.24) is 18.8 Å². The summed E-state index contributed by atoms with van der Waals surface area (Å²) in [4.78, 5) is 17.1. The third-order valence-corrected chi connectivity index (χ3v) is 7.59. The molecule has 1 aromatic heterocycles. The van der Waals surface area contributed by atoms with E-state index in [1.54, 1.807) is 12.5 Å². The summed E-state index contributed by atoms with van der Waals surface area (Å²) in [6, 6.07) is 11.9. The number of nitrogens with one attached hydrogen (secondary N) is 1. The minimum absolute atomic E-state index is 0.0619. The number of hydrogen-bond acceptors (Lipinski definition) is 7. The van der Waals surface area contributed by atoms with Crippen LogP contribution in [0.15, 0.2) is 66.1 Å². The van der Waals surface area contributed by atoms with Crippen LogP contribution in [0.5, 0.6) is 0 Å². The van der Waals surface area contributed by atoms with Crippen LogP contribution in [-0.4, -0.2) is 65.3 Å². The summed E-state index contributed by atoms with van der Waals surface area (Å²) in [7, 11) is -1.85. The van der Waals surface area contributed by atoms with Crippen LogP contribution in [0.25, 0.3) is 0 Å². The van der Waals surface area contributed by atoms with E-state index in [4.69, 9.17) is 0 Å². The first-order chi connectivity index (χ1) is 15.8. The Morgan fingerprint density at radius 2 is 1.76 bits per heavy atom. The maximum absolute atomic E-state index is 13.0. The summed E-state index contributed by atoms with van der Waals surface area (Å²) < 4.78 is 29.3. The fraction of sp³-hybridized carbons (Fsp3) is 0.318. The van der Waals surface area contributed by atoms with Gasteiger partial charge in [-0.15, -0.1) is 0 Å². The highest BCUT2D eigenvalue weighted by molar-refractivity contribution is 7.89. The predicted molar refractivity (Wildman–Crippen MR) is 124 cm³/mol. The lowest BCUT2D eigenvalue weighted by Gasteiger charge is -2.31. The Balaban J connectivity index is 1.46. The van der Waals surface area contributed by atoms with Gasteiger partial charge in [-0.3, -0.25) is 10.1 Å². The molecular formula is C22H26N6O4S. The quantitative estimate of drug-likeness (QED) is 0.397. The zero-order valence-corrected chi connectivity index (χ0v) is 19.1. The first kappa shape index (κ1) is 22.9. The number of likely N-dealkylation sites (N-methyl/N-ethyl adjacent to an activating group) is 1. The third-order valence-electron chi connectivity index (χ3n) is 5.70. The molecule has 0 amide bonds. The van der Waals surface area contributed by atoms with E-state index >= 15 is 0 Å². The number of imidazole rings is 1. The summed E-state index contributed by atoms with van der Waals surface area (Å²) in [5.41, 5.74) is 2.08. The summed E-state index contributed by atoms with van der Waals surface area (Å²) in [6.45, 7) is 3.07. The molecule has 0 radical (unpaired) electrons. The van der Waals surface area contributed by atoms with E-state index in [9.17, 15) is 18.5 Å². The maximum Gasteiger partial charge on any atom is 0.293 e. The molecule has 2 heterocycles. The number of nitro benzene ring substituents is 1. The van der Waals surface area contributed by atoms with Crippen LogP contribution in [0.4, 0.5) is 11.4 Å². The van der Waals surface area contributed by atoms with Gasteiger partial charge >= 0.3 is 0 Å². The lowest BCUT2D eigenvalue weighted by Crippen LogP contribution is -2.47. The van der Waals surface area contributed by atoms with Crippen molar-refractivity contribution in [2.75, 3.05) is 38.5 Å². The molecule has 2 aromatic carbocycles.